The Labute approximate surface area is 107 Å². The highest BCUT2D eigenvalue weighted by Gasteiger charge is 2.32. The fraction of sp³-hybridized carbons (Fsp3) is 0.111. The largest absolute Gasteiger partial charge is 0.0830 e. The Morgan fingerprint density at radius 3 is 2.89 bits per heavy atom. The number of benzene rings is 1. The summed E-state index contributed by atoms with van der Waals surface area (Å²) in [5.74, 6) is 0.559. The Morgan fingerprint density at radius 1 is 0.944 bits per heavy atom. The Bertz CT molecular complexity index is 663. The molecule has 0 saturated heterocycles. The van der Waals surface area contributed by atoms with E-state index < -0.39 is 0 Å². The highest BCUT2D eigenvalue weighted by atomic mass is 14.3. The SMILES string of the molecule is C1=C/C2=C/C=C\C=C\C3=C2C(C1)c1ccccc13. The van der Waals surface area contributed by atoms with Crippen molar-refractivity contribution in [3.8, 4) is 0 Å². The van der Waals surface area contributed by atoms with E-state index in [4.69, 9.17) is 0 Å². The Hall–Kier alpha value is -2.08. The average molecular weight is 230 g/mol. The number of fused-ring (bicyclic) bond motifs is 3. The van der Waals surface area contributed by atoms with E-state index in [1.165, 1.54) is 27.8 Å². The summed E-state index contributed by atoms with van der Waals surface area (Å²) >= 11 is 0. The van der Waals surface area contributed by atoms with Crippen LogP contribution in [0.4, 0.5) is 0 Å². The quantitative estimate of drug-likeness (QED) is 0.613. The first-order valence-electron chi connectivity index (χ1n) is 6.50. The van der Waals surface area contributed by atoms with Crippen LogP contribution in [0.3, 0.4) is 0 Å². The molecule has 1 aromatic rings. The lowest BCUT2D eigenvalue weighted by atomic mass is 9.83. The van der Waals surface area contributed by atoms with Crippen molar-refractivity contribution in [3.05, 3.63) is 89.1 Å². The van der Waals surface area contributed by atoms with Gasteiger partial charge in [0, 0.05) is 5.92 Å². The molecule has 0 saturated carbocycles. The van der Waals surface area contributed by atoms with E-state index in [9.17, 15) is 0 Å². The summed E-state index contributed by atoms with van der Waals surface area (Å²) in [7, 11) is 0. The van der Waals surface area contributed by atoms with Gasteiger partial charge in [0.25, 0.3) is 0 Å². The molecule has 0 aromatic heterocycles. The smallest absolute Gasteiger partial charge is 0.0142 e. The molecular formula is C18H14. The predicted molar refractivity (Wildman–Crippen MR) is 76.2 cm³/mol. The van der Waals surface area contributed by atoms with Gasteiger partial charge in [0.15, 0.2) is 0 Å². The fourth-order valence-corrected chi connectivity index (χ4v) is 3.26. The lowest BCUT2D eigenvalue weighted by molar-refractivity contribution is 0.823. The molecule has 0 fully saturated rings. The van der Waals surface area contributed by atoms with E-state index in [1.807, 2.05) is 0 Å². The van der Waals surface area contributed by atoms with Gasteiger partial charge in [0.05, 0.1) is 0 Å². The molecule has 3 aliphatic rings. The standard InChI is InChI=1S/C18H14/c1-2-7-13-8-6-12-17-15-10-5-4-9-14(15)16(11-3-1)18(13)17/h1-11,17H,12H2/b2-1-,3-1?,7-2?,11-3+,13-7-,16-11?. The van der Waals surface area contributed by atoms with E-state index in [0.717, 1.165) is 6.42 Å². The molecule has 0 N–H and O–H groups in total. The van der Waals surface area contributed by atoms with E-state index >= 15 is 0 Å². The van der Waals surface area contributed by atoms with Gasteiger partial charge in [-0.3, -0.25) is 0 Å². The lowest BCUT2D eigenvalue weighted by Gasteiger charge is -2.20. The molecule has 0 heteroatoms. The van der Waals surface area contributed by atoms with Crippen molar-refractivity contribution in [3.63, 3.8) is 0 Å². The first kappa shape index (κ1) is 9.90. The van der Waals surface area contributed by atoms with E-state index in [0.29, 0.717) is 5.92 Å². The molecule has 0 radical (unpaired) electrons. The number of hydrogen-bond donors (Lipinski definition) is 0. The van der Waals surface area contributed by atoms with Crippen molar-refractivity contribution in [2.75, 3.05) is 0 Å². The van der Waals surface area contributed by atoms with Crippen LogP contribution in [0.1, 0.15) is 23.5 Å². The summed E-state index contributed by atoms with van der Waals surface area (Å²) in [5.41, 5.74) is 7.20. The first-order valence-corrected chi connectivity index (χ1v) is 6.50. The van der Waals surface area contributed by atoms with Crippen LogP contribution in [0, 0.1) is 0 Å². The van der Waals surface area contributed by atoms with Crippen LogP contribution in [0.2, 0.25) is 0 Å². The molecule has 1 atom stereocenters. The van der Waals surface area contributed by atoms with Gasteiger partial charge in [0.2, 0.25) is 0 Å². The maximum atomic E-state index is 2.30. The van der Waals surface area contributed by atoms with Crippen molar-refractivity contribution in [2.24, 2.45) is 0 Å². The second-order valence-corrected chi connectivity index (χ2v) is 4.97. The first-order chi connectivity index (χ1) is 8.95. The molecule has 0 nitrogen and oxygen atoms in total. The lowest BCUT2D eigenvalue weighted by Crippen LogP contribution is -2.04. The normalized spacial score (nSPS) is 29.8. The second-order valence-electron chi connectivity index (χ2n) is 4.97. The third-order valence-corrected chi connectivity index (χ3v) is 4.01. The molecule has 4 rings (SSSR count). The minimum Gasteiger partial charge on any atom is -0.0830 e. The molecule has 0 amide bonds. The van der Waals surface area contributed by atoms with Gasteiger partial charge in [-0.15, -0.1) is 0 Å². The number of allylic oxidation sites excluding steroid dienone is 10. The van der Waals surface area contributed by atoms with E-state index in [-0.39, 0.29) is 0 Å². The summed E-state index contributed by atoms with van der Waals surface area (Å²) < 4.78 is 0. The van der Waals surface area contributed by atoms with Gasteiger partial charge < -0.3 is 0 Å². The molecule has 18 heavy (non-hydrogen) atoms. The van der Waals surface area contributed by atoms with Crippen molar-refractivity contribution < 1.29 is 0 Å². The van der Waals surface area contributed by atoms with Crippen molar-refractivity contribution in [1.82, 2.24) is 0 Å². The monoisotopic (exact) mass is 230 g/mol. The third kappa shape index (κ3) is 1.26. The van der Waals surface area contributed by atoms with Gasteiger partial charge in [-0.25, -0.2) is 0 Å². The molecule has 1 aromatic carbocycles. The van der Waals surface area contributed by atoms with Crippen LogP contribution < -0.4 is 0 Å². The van der Waals surface area contributed by atoms with Gasteiger partial charge >= 0.3 is 0 Å². The van der Waals surface area contributed by atoms with Gasteiger partial charge in [-0.05, 0) is 34.3 Å². The fourth-order valence-electron chi connectivity index (χ4n) is 3.26. The molecular weight excluding hydrogens is 216 g/mol. The summed E-state index contributed by atoms with van der Waals surface area (Å²) in [6.45, 7) is 0. The molecule has 0 spiro atoms. The predicted octanol–water partition coefficient (Wildman–Crippen LogP) is 4.55. The van der Waals surface area contributed by atoms with Crippen LogP contribution in [0.5, 0.6) is 0 Å². The van der Waals surface area contributed by atoms with Gasteiger partial charge in [-0.1, -0.05) is 66.8 Å². The summed E-state index contributed by atoms with van der Waals surface area (Å²) in [6, 6.07) is 8.83. The van der Waals surface area contributed by atoms with Crippen molar-refractivity contribution in [1.29, 1.82) is 0 Å². The molecule has 0 heterocycles. The Kier molecular flexibility index (Phi) is 2.04. The third-order valence-electron chi connectivity index (χ3n) is 4.01. The van der Waals surface area contributed by atoms with Gasteiger partial charge in [-0.2, -0.15) is 0 Å². The topological polar surface area (TPSA) is 0 Å². The molecule has 0 bridgehead atoms. The maximum absolute atomic E-state index is 2.30. The van der Waals surface area contributed by atoms with Crippen LogP contribution >= 0.6 is 0 Å². The number of rotatable bonds is 0. The van der Waals surface area contributed by atoms with Crippen LogP contribution in [0.25, 0.3) is 5.57 Å². The summed E-state index contributed by atoms with van der Waals surface area (Å²) in [6.07, 6.45) is 16.6. The molecule has 0 aliphatic heterocycles. The zero-order chi connectivity index (χ0) is 11.9. The van der Waals surface area contributed by atoms with Gasteiger partial charge in [0.1, 0.15) is 0 Å². The second kappa shape index (κ2) is 3.71. The van der Waals surface area contributed by atoms with Crippen LogP contribution in [-0.2, 0) is 0 Å². The zero-order valence-corrected chi connectivity index (χ0v) is 10.1. The minimum atomic E-state index is 0.559. The molecule has 1 unspecified atom stereocenters. The minimum absolute atomic E-state index is 0.559. The zero-order valence-electron chi connectivity index (χ0n) is 10.1. The Morgan fingerprint density at radius 2 is 1.89 bits per heavy atom. The van der Waals surface area contributed by atoms with Crippen LogP contribution in [0.15, 0.2) is 77.9 Å². The highest BCUT2D eigenvalue weighted by Crippen LogP contribution is 2.49. The molecule has 86 valence electrons. The van der Waals surface area contributed by atoms with Crippen molar-refractivity contribution >= 4 is 5.57 Å². The number of hydrogen-bond acceptors (Lipinski definition) is 0. The highest BCUT2D eigenvalue weighted by molar-refractivity contribution is 5.89. The van der Waals surface area contributed by atoms with Crippen molar-refractivity contribution in [2.45, 2.75) is 12.3 Å². The average Bonchev–Trinajstić information content (AvgIpc) is 2.70. The summed E-state index contributed by atoms with van der Waals surface area (Å²) in [5, 5.41) is 0. The van der Waals surface area contributed by atoms with E-state index in [2.05, 4.69) is 66.8 Å². The Balaban J connectivity index is 2.04. The molecule has 3 aliphatic carbocycles. The maximum Gasteiger partial charge on any atom is 0.0142 e. The van der Waals surface area contributed by atoms with Crippen LogP contribution in [-0.4, -0.2) is 0 Å². The summed E-state index contributed by atoms with van der Waals surface area (Å²) in [4.78, 5) is 0. The van der Waals surface area contributed by atoms with E-state index in [1.54, 1.807) is 0 Å².